The molecular formula is C29H42N6O6S. The van der Waals surface area contributed by atoms with Gasteiger partial charge >= 0.3 is 5.97 Å². The van der Waals surface area contributed by atoms with Crippen LogP contribution in [0, 0.1) is 26.7 Å². The second kappa shape index (κ2) is 15.9. The fraction of sp³-hybridized carbons (Fsp3) is 0.448. The molecule has 2 rings (SSSR count). The van der Waals surface area contributed by atoms with Crippen molar-refractivity contribution in [2.75, 3.05) is 13.1 Å². The van der Waals surface area contributed by atoms with Crippen molar-refractivity contribution in [2.24, 2.45) is 22.4 Å². The number of esters is 1. The highest BCUT2D eigenvalue weighted by molar-refractivity contribution is 7.90. The summed E-state index contributed by atoms with van der Waals surface area (Å²) in [6.45, 7) is 8.68. The summed E-state index contributed by atoms with van der Waals surface area (Å²) < 4.78 is 33.1. The molecule has 42 heavy (non-hydrogen) atoms. The van der Waals surface area contributed by atoms with Crippen LogP contribution in [-0.2, 0) is 35.8 Å². The van der Waals surface area contributed by atoms with E-state index in [-0.39, 0.29) is 42.9 Å². The Kier molecular flexibility index (Phi) is 12.9. The number of guanidine groups is 1. The molecule has 230 valence electrons. The molecule has 2 aromatic rings. The highest BCUT2D eigenvalue weighted by Crippen LogP contribution is 2.21. The van der Waals surface area contributed by atoms with E-state index in [0.717, 1.165) is 11.1 Å². The normalized spacial score (nSPS) is 13.3. The number of ether oxygens (including phenoxy) is 1. The number of nitrogens with zero attached hydrogens (tertiary/aromatic N) is 1. The Hall–Kier alpha value is -3.97. The molecule has 2 amide bonds. The number of carbonyl (C=O) groups is 3. The molecule has 0 radical (unpaired) electrons. The lowest BCUT2D eigenvalue weighted by Crippen LogP contribution is -2.54. The Bertz CT molecular complexity index is 1360. The smallest absolute Gasteiger partial charge is 0.325 e. The van der Waals surface area contributed by atoms with E-state index in [0.29, 0.717) is 17.5 Å². The third kappa shape index (κ3) is 10.8. The Morgan fingerprint density at radius 1 is 1.00 bits per heavy atom. The molecule has 12 nitrogen and oxygen atoms in total. The van der Waals surface area contributed by atoms with Crippen LogP contribution in [0.2, 0.25) is 0 Å². The molecule has 0 aliphatic rings. The zero-order chi connectivity index (χ0) is 31.4. The van der Waals surface area contributed by atoms with Crippen LogP contribution >= 0.6 is 0 Å². The molecule has 13 heteroatoms. The number of aliphatic imine (C=N–C) groups is 1. The van der Waals surface area contributed by atoms with Gasteiger partial charge in [0.15, 0.2) is 0 Å². The van der Waals surface area contributed by atoms with E-state index in [1.54, 1.807) is 39.8 Å². The van der Waals surface area contributed by atoms with E-state index in [9.17, 15) is 22.8 Å². The van der Waals surface area contributed by atoms with Gasteiger partial charge in [-0.1, -0.05) is 61.9 Å². The van der Waals surface area contributed by atoms with Crippen molar-refractivity contribution in [1.82, 2.24) is 15.4 Å². The van der Waals surface area contributed by atoms with Gasteiger partial charge in [-0.15, -0.1) is 0 Å². The Balaban J connectivity index is 1.81. The fourth-order valence-corrected chi connectivity index (χ4v) is 5.71. The van der Waals surface area contributed by atoms with Crippen LogP contribution in [0.5, 0.6) is 0 Å². The van der Waals surface area contributed by atoms with Crippen molar-refractivity contribution in [2.45, 2.75) is 71.0 Å². The average molecular weight is 603 g/mol. The number of rotatable bonds is 14. The van der Waals surface area contributed by atoms with E-state index in [1.165, 1.54) is 0 Å². The maximum Gasteiger partial charge on any atom is 0.325 e. The molecule has 0 saturated heterocycles. The molecule has 7 N–H and O–H groups in total. The number of hydrogen-bond acceptors (Lipinski definition) is 8. The lowest BCUT2D eigenvalue weighted by Gasteiger charge is -2.23. The van der Waals surface area contributed by atoms with Gasteiger partial charge in [-0.25, -0.2) is 13.1 Å². The molecule has 2 atom stereocenters. The van der Waals surface area contributed by atoms with Crippen molar-refractivity contribution in [3.8, 4) is 0 Å². The summed E-state index contributed by atoms with van der Waals surface area (Å²) in [6, 6.07) is 10.8. The number of hydrogen-bond donors (Lipinski definition) is 5. The molecule has 0 aliphatic carbocycles. The van der Waals surface area contributed by atoms with E-state index in [2.05, 4.69) is 20.3 Å². The van der Waals surface area contributed by atoms with Crippen molar-refractivity contribution < 1.29 is 27.5 Å². The van der Waals surface area contributed by atoms with Crippen molar-refractivity contribution >= 4 is 33.8 Å². The molecule has 0 spiro atoms. The van der Waals surface area contributed by atoms with Gasteiger partial charge in [0.05, 0.1) is 10.9 Å². The predicted octanol–water partition coefficient (Wildman–Crippen LogP) is 1.31. The van der Waals surface area contributed by atoms with Crippen LogP contribution in [0.3, 0.4) is 0 Å². The molecule has 2 aromatic carbocycles. The largest absolute Gasteiger partial charge is 0.460 e. The lowest BCUT2D eigenvalue weighted by atomic mass is 10.0. The quantitative estimate of drug-likeness (QED) is 0.0924. The number of amides is 2. The maximum absolute atomic E-state index is 12.8. The number of sulfonamides is 1. The fourth-order valence-electron chi connectivity index (χ4n) is 4.31. The number of nitrogens with one attached hydrogen (secondary N) is 3. The minimum absolute atomic E-state index is 0.0857. The average Bonchev–Trinajstić information content (AvgIpc) is 2.90. The van der Waals surface area contributed by atoms with Gasteiger partial charge in [0, 0.05) is 6.54 Å². The first-order valence-corrected chi connectivity index (χ1v) is 15.1. The van der Waals surface area contributed by atoms with Gasteiger partial charge in [0.2, 0.25) is 17.8 Å². The summed E-state index contributed by atoms with van der Waals surface area (Å²) in [5.74, 6) is -2.24. The third-order valence-electron chi connectivity index (χ3n) is 6.30. The second-order valence-corrected chi connectivity index (χ2v) is 12.1. The summed E-state index contributed by atoms with van der Waals surface area (Å²) >= 11 is 0. The van der Waals surface area contributed by atoms with Gasteiger partial charge in [-0.3, -0.25) is 19.4 Å². The van der Waals surface area contributed by atoms with Crippen molar-refractivity contribution in [3.63, 3.8) is 0 Å². The SMILES string of the molecule is Cc1cc(C)c(S(=O)(=O)NC(N)=NCCC[C@H](N)C(=O)N[C@H](C(=O)NCC(=O)OCc2ccccc2)C(C)C)c(C)c1. The topological polar surface area (TPSA) is 195 Å². The molecular weight excluding hydrogens is 560 g/mol. The van der Waals surface area contributed by atoms with Gasteiger partial charge in [0.25, 0.3) is 10.0 Å². The van der Waals surface area contributed by atoms with Crippen LogP contribution < -0.4 is 26.8 Å². The first-order valence-electron chi connectivity index (χ1n) is 13.6. The van der Waals surface area contributed by atoms with Crippen LogP contribution in [0.4, 0.5) is 0 Å². The van der Waals surface area contributed by atoms with E-state index in [1.807, 2.05) is 37.3 Å². The van der Waals surface area contributed by atoms with Gasteiger partial charge in [-0.05, 0) is 56.2 Å². The summed E-state index contributed by atoms with van der Waals surface area (Å²) in [6.07, 6.45) is 0.551. The van der Waals surface area contributed by atoms with Gasteiger partial charge in [0.1, 0.15) is 19.2 Å². The molecule has 0 aromatic heterocycles. The van der Waals surface area contributed by atoms with E-state index >= 15 is 0 Å². The number of carbonyl (C=O) groups excluding carboxylic acids is 3. The van der Waals surface area contributed by atoms with Gasteiger partial charge < -0.3 is 26.8 Å². The Morgan fingerprint density at radius 2 is 1.62 bits per heavy atom. The number of benzene rings is 2. The highest BCUT2D eigenvalue weighted by Gasteiger charge is 2.27. The zero-order valence-electron chi connectivity index (χ0n) is 24.8. The standard InChI is InChI=1S/C29H42N6O6S/c1-18(2)25(28(38)33-16-24(36)41-17-22-10-7-6-8-11-22)34-27(37)23(30)12-9-13-32-29(31)35-42(39,40)26-20(4)14-19(3)15-21(26)5/h6-8,10-11,14-15,18,23,25H,9,12-13,16-17,30H2,1-5H3,(H,33,38)(H,34,37)(H3,31,32,35)/t23-,25-/m0/s1. The molecule has 0 fully saturated rings. The Labute approximate surface area is 247 Å². The summed E-state index contributed by atoms with van der Waals surface area (Å²) in [5.41, 5.74) is 14.8. The van der Waals surface area contributed by atoms with Crippen LogP contribution in [0.1, 0.15) is 48.9 Å². The lowest BCUT2D eigenvalue weighted by molar-refractivity contribution is -0.145. The van der Waals surface area contributed by atoms with E-state index < -0.39 is 39.9 Å². The maximum atomic E-state index is 12.8. The monoisotopic (exact) mass is 602 g/mol. The zero-order valence-corrected chi connectivity index (χ0v) is 25.6. The number of aryl methyl sites for hydroxylation is 3. The molecule has 0 heterocycles. The van der Waals surface area contributed by atoms with Crippen LogP contribution in [0.25, 0.3) is 0 Å². The summed E-state index contributed by atoms with van der Waals surface area (Å²) in [7, 11) is -3.92. The number of nitrogens with two attached hydrogens (primary N) is 2. The first-order chi connectivity index (χ1) is 19.7. The Morgan fingerprint density at radius 3 is 2.21 bits per heavy atom. The van der Waals surface area contributed by atoms with Crippen molar-refractivity contribution in [3.05, 3.63) is 64.7 Å². The molecule has 0 unspecified atom stereocenters. The molecule has 0 saturated carbocycles. The van der Waals surface area contributed by atoms with Crippen LogP contribution in [0.15, 0.2) is 52.4 Å². The van der Waals surface area contributed by atoms with Gasteiger partial charge in [-0.2, -0.15) is 0 Å². The molecule has 0 aliphatic heterocycles. The minimum atomic E-state index is -3.92. The van der Waals surface area contributed by atoms with Crippen LogP contribution in [-0.4, -0.2) is 57.3 Å². The summed E-state index contributed by atoms with van der Waals surface area (Å²) in [5, 5.41) is 5.12. The van der Waals surface area contributed by atoms with E-state index in [4.69, 9.17) is 16.2 Å². The third-order valence-corrected chi connectivity index (χ3v) is 7.96. The van der Waals surface area contributed by atoms with Crippen molar-refractivity contribution in [1.29, 1.82) is 0 Å². The minimum Gasteiger partial charge on any atom is -0.460 e. The summed E-state index contributed by atoms with van der Waals surface area (Å²) in [4.78, 5) is 41.6. The second-order valence-electron chi connectivity index (χ2n) is 10.4. The molecule has 0 bridgehead atoms. The first kappa shape index (κ1) is 34.2. The highest BCUT2D eigenvalue weighted by atomic mass is 32.2. The predicted molar refractivity (Wildman–Crippen MR) is 161 cm³/mol.